The molecule has 0 aliphatic heterocycles. The van der Waals surface area contributed by atoms with Crippen LogP contribution in [0.4, 0.5) is 0 Å². The second-order valence-electron chi connectivity index (χ2n) is 4.80. The van der Waals surface area contributed by atoms with Crippen LogP contribution >= 0.6 is 0 Å². The van der Waals surface area contributed by atoms with Gasteiger partial charge in [-0.25, -0.2) is 0 Å². The molecule has 0 saturated heterocycles. The molecule has 0 unspecified atom stereocenters. The lowest BCUT2D eigenvalue weighted by Crippen LogP contribution is -2.04. The van der Waals surface area contributed by atoms with E-state index in [1.807, 2.05) is 0 Å². The van der Waals surface area contributed by atoms with Crippen LogP contribution in [0.3, 0.4) is 0 Å². The van der Waals surface area contributed by atoms with Gasteiger partial charge >= 0.3 is 0 Å². The van der Waals surface area contributed by atoms with Crippen LogP contribution in [0.15, 0.2) is 10.3 Å². The molecule has 0 heterocycles. The molecule has 0 spiro atoms. The van der Waals surface area contributed by atoms with E-state index in [0.29, 0.717) is 0 Å². The van der Waals surface area contributed by atoms with Crippen LogP contribution in [0.25, 0.3) is 0 Å². The molecule has 4 nitrogen and oxygen atoms in total. The first-order valence-electron chi connectivity index (χ1n) is 7.04. The van der Waals surface area contributed by atoms with Crippen molar-refractivity contribution in [2.45, 2.75) is 64.2 Å². The van der Waals surface area contributed by atoms with Crippen molar-refractivity contribution in [3.8, 4) is 0 Å². The number of hydrogen-bond acceptors (Lipinski definition) is 4. The van der Waals surface area contributed by atoms with Gasteiger partial charge in [0.25, 0.3) is 0 Å². The average Bonchev–Trinajstić information content (AvgIpc) is 2.43. The van der Waals surface area contributed by atoms with Gasteiger partial charge in [0.2, 0.25) is 0 Å². The molecular weight excluding hydrogens is 228 g/mol. The van der Waals surface area contributed by atoms with Crippen LogP contribution in [0, 0.1) is 0 Å². The van der Waals surface area contributed by atoms with Crippen LogP contribution in [0.2, 0.25) is 0 Å². The van der Waals surface area contributed by atoms with Crippen molar-refractivity contribution in [3.05, 3.63) is 0 Å². The van der Waals surface area contributed by atoms with Crippen LogP contribution in [0.5, 0.6) is 0 Å². The van der Waals surface area contributed by atoms with E-state index in [-0.39, 0.29) is 0 Å². The topological polar surface area (TPSA) is 43.2 Å². The summed E-state index contributed by atoms with van der Waals surface area (Å²) in [4.78, 5) is 9.34. The summed E-state index contributed by atoms with van der Waals surface area (Å²) < 4.78 is 0. The maximum Gasteiger partial charge on any atom is 0.106 e. The summed E-state index contributed by atoms with van der Waals surface area (Å²) in [5.41, 5.74) is 2.48. The monoisotopic (exact) mass is 254 g/mol. The van der Waals surface area contributed by atoms with Crippen LogP contribution in [-0.2, 0) is 9.68 Å². The third-order valence-electron chi connectivity index (χ3n) is 3.30. The molecule has 18 heavy (non-hydrogen) atoms. The Bertz CT molecular complexity index is 231. The maximum atomic E-state index is 4.67. The first kappa shape index (κ1) is 15.0. The minimum absolute atomic E-state index is 1.15. The lowest BCUT2D eigenvalue weighted by molar-refractivity contribution is 0.210. The Labute approximate surface area is 110 Å². The molecule has 4 heteroatoms. The summed E-state index contributed by atoms with van der Waals surface area (Å²) in [6, 6.07) is 0. The zero-order chi connectivity index (χ0) is 13.1. The Morgan fingerprint density at radius 2 is 0.944 bits per heavy atom. The third-order valence-corrected chi connectivity index (χ3v) is 3.30. The van der Waals surface area contributed by atoms with Crippen LogP contribution in [0.1, 0.15) is 64.2 Å². The van der Waals surface area contributed by atoms with Crippen molar-refractivity contribution in [2.75, 3.05) is 14.2 Å². The molecule has 2 saturated carbocycles. The zero-order valence-electron chi connectivity index (χ0n) is 11.8. The molecule has 0 radical (unpaired) electrons. The number of nitrogens with zero attached hydrogens (tertiary/aromatic N) is 2. The van der Waals surface area contributed by atoms with Crippen LogP contribution < -0.4 is 0 Å². The largest absolute Gasteiger partial charge is 0.399 e. The maximum absolute atomic E-state index is 4.67. The van der Waals surface area contributed by atoms with Gasteiger partial charge in [-0.1, -0.05) is 23.2 Å². The Balaban J connectivity index is 0.000000180. The number of oxime groups is 2. The third kappa shape index (κ3) is 6.62. The van der Waals surface area contributed by atoms with E-state index < -0.39 is 0 Å². The van der Waals surface area contributed by atoms with Crippen molar-refractivity contribution in [2.24, 2.45) is 10.3 Å². The summed E-state index contributed by atoms with van der Waals surface area (Å²) in [6.45, 7) is 0. The van der Waals surface area contributed by atoms with Gasteiger partial charge < -0.3 is 9.68 Å². The highest BCUT2D eigenvalue weighted by Crippen LogP contribution is 2.15. The predicted octanol–water partition coefficient (Wildman–Crippen LogP) is 3.91. The van der Waals surface area contributed by atoms with Crippen molar-refractivity contribution < 1.29 is 9.68 Å². The molecule has 2 fully saturated rings. The van der Waals surface area contributed by atoms with E-state index in [4.69, 9.17) is 0 Å². The van der Waals surface area contributed by atoms with Gasteiger partial charge in [0.05, 0.1) is 11.4 Å². The zero-order valence-corrected chi connectivity index (χ0v) is 11.8. The smallest absolute Gasteiger partial charge is 0.106 e. The molecule has 0 amide bonds. The van der Waals surface area contributed by atoms with Gasteiger partial charge in [-0.15, -0.1) is 0 Å². The minimum Gasteiger partial charge on any atom is -0.399 e. The fourth-order valence-corrected chi connectivity index (χ4v) is 2.36. The Kier molecular flexibility index (Phi) is 8.26. The van der Waals surface area contributed by atoms with Crippen LogP contribution in [-0.4, -0.2) is 25.6 Å². The summed E-state index contributed by atoms with van der Waals surface area (Å²) >= 11 is 0. The van der Waals surface area contributed by atoms with E-state index in [1.165, 1.54) is 49.9 Å². The lowest BCUT2D eigenvalue weighted by Gasteiger charge is -2.10. The van der Waals surface area contributed by atoms with E-state index in [0.717, 1.165) is 25.7 Å². The normalized spacial score (nSPS) is 19.4. The van der Waals surface area contributed by atoms with Gasteiger partial charge in [-0.3, -0.25) is 0 Å². The van der Waals surface area contributed by atoms with Crippen molar-refractivity contribution in [1.29, 1.82) is 0 Å². The van der Waals surface area contributed by atoms with E-state index in [1.54, 1.807) is 14.2 Å². The summed E-state index contributed by atoms with van der Waals surface area (Å²) in [5.74, 6) is 0. The second-order valence-corrected chi connectivity index (χ2v) is 4.80. The van der Waals surface area contributed by atoms with E-state index >= 15 is 0 Å². The highest BCUT2D eigenvalue weighted by atomic mass is 16.6. The molecule has 0 atom stereocenters. The molecule has 2 rings (SSSR count). The summed E-state index contributed by atoms with van der Waals surface area (Å²) in [5, 5.41) is 7.80. The molecule has 2 aliphatic rings. The summed E-state index contributed by atoms with van der Waals surface area (Å²) in [7, 11) is 3.23. The van der Waals surface area contributed by atoms with E-state index in [2.05, 4.69) is 20.0 Å². The highest BCUT2D eigenvalue weighted by molar-refractivity contribution is 5.84. The molecule has 104 valence electrons. The highest BCUT2D eigenvalue weighted by Gasteiger charge is 2.06. The standard InChI is InChI=1S/2C7H13NO/c2*1-9-8-7-5-3-2-4-6-7/h2*2-6H2,1H3. The lowest BCUT2D eigenvalue weighted by atomic mass is 9.99. The second kappa shape index (κ2) is 9.92. The average molecular weight is 254 g/mol. The molecule has 0 aromatic heterocycles. The Hall–Kier alpha value is -1.06. The molecule has 0 bridgehead atoms. The Morgan fingerprint density at radius 1 is 0.611 bits per heavy atom. The van der Waals surface area contributed by atoms with Gasteiger partial charge in [0.15, 0.2) is 0 Å². The van der Waals surface area contributed by atoms with Gasteiger partial charge in [0.1, 0.15) is 14.2 Å². The van der Waals surface area contributed by atoms with Gasteiger partial charge in [-0.05, 0) is 51.4 Å². The molecule has 2 aliphatic carbocycles. The van der Waals surface area contributed by atoms with Gasteiger partial charge in [-0.2, -0.15) is 0 Å². The van der Waals surface area contributed by atoms with Gasteiger partial charge in [0, 0.05) is 0 Å². The molecular formula is C14H26N2O2. The number of rotatable bonds is 2. The molecule has 0 N–H and O–H groups in total. The molecule has 0 aromatic carbocycles. The van der Waals surface area contributed by atoms with E-state index in [9.17, 15) is 0 Å². The fourth-order valence-electron chi connectivity index (χ4n) is 2.36. The quantitative estimate of drug-likeness (QED) is 0.701. The van der Waals surface area contributed by atoms with Crippen molar-refractivity contribution >= 4 is 11.4 Å². The SMILES string of the molecule is CON=C1CCCCC1.CON=C1CCCCC1. The molecule has 0 aromatic rings. The van der Waals surface area contributed by atoms with Crippen molar-refractivity contribution in [1.82, 2.24) is 0 Å². The fraction of sp³-hybridized carbons (Fsp3) is 0.857. The predicted molar refractivity (Wildman–Crippen MR) is 75.1 cm³/mol. The first-order chi connectivity index (χ1) is 8.86. The summed E-state index contributed by atoms with van der Waals surface area (Å²) in [6.07, 6.45) is 12.5. The van der Waals surface area contributed by atoms with Crippen molar-refractivity contribution in [3.63, 3.8) is 0 Å². The minimum atomic E-state index is 1.15. The first-order valence-corrected chi connectivity index (χ1v) is 7.04. The number of hydrogen-bond donors (Lipinski definition) is 0. The Morgan fingerprint density at radius 3 is 1.22 bits per heavy atom.